The number of pyridine rings is 1. The maximum atomic E-state index is 12.7. The molecule has 1 N–H and O–H groups in total. The molecule has 0 aliphatic rings. The van der Waals surface area contributed by atoms with Crippen molar-refractivity contribution < 1.29 is 13.2 Å². The molecule has 3 rings (SSSR count). The maximum Gasteiger partial charge on any atom is 0.255 e. The van der Waals surface area contributed by atoms with Crippen LogP contribution in [0.25, 0.3) is 10.9 Å². The zero-order chi connectivity index (χ0) is 21.2. The molecule has 3 aromatic rings. The van der Waals surface area contributed by atoms with E-state index in [1.165, 1.54) is 28.6 Å². The summed E-state index contributed by atoms with van der Waals surface area (Å²) in [6.45, 7) is 8.38. The molecule has 7 heteroatoms. The molecular formula is C22H25N3O3S. The monoisotopic (exact) mass is 411 g/mol. The number of anilines is 1. The van der Waals surface area contributed by atoms with E-state index in [1.807, 2.05) is 19.9 Å². The van der Waals surface area contributed by atoms with Gasteiger partial charge >= 0.3 is 0 Å². The van der Waals surface area contributed by atoms with E-state index in [1.54, 1.807) is 26.1 Å². The van der Waals surface area contributed by atoms with Gasteiger partial charge in [-0.3, -0.25) is 9.78 Å². The van der Waals surface area contributed by atoms with Gasteiger partial charge in [0.2, 0.25) is 10.0 Å². The number of sulfonamides is 1. The fourth-order valence-electron chi connectivity index (χ4n) is 3.41. The van der Waals surface area contributed by atoms with Crippen molar-refractivity contribution in [3.05, 3.63) is 65.4 Å². The summed E-state index contributed by atoms with van der Waals surface area (Å²) in [6, 6.07) is 11.8. The summed E-state index contributed by atoms with van der Waals surface area (Å²) < 4.78 is 26.6. The molecule has 1 heterocycles. The summed E-state index contributed by atoms with van der Waals surface area (Å²) in [7, 11) is -3.55. The Kier molecular flexibility index (Phi) is 6.00. The van der Waals surface area contributed by atoms with Gasteiger partial charge in [0.05, 0.1) is 16.1 Å². The van der Waals surface area contributed by atoms with E-state index in [-0.39, 0.29) is 10.8 Å². The quantitative estimate of drug-likeness (QED) is 0.661. The molecule has 0 unspecified atom stereocenters. The summed E-state index contributed by atoms with van der Waals surface area (Å²) in [4.78, 5) is 17.3. The minimum Gasteiger partial charge on any atom is -0.321 e. The van der Waals surface area contributed by atoms with Crippen LogP contribution >= 0.6 is 0 Å². The fourth-order valence-corrected chi connectivity index (χ4v) is 4.87. The number of aromatic nitrogens is 1. The molecule has 1 aromatic heterocycles. The standard InChI is InChI=1S/C22H25N3O3S/c1-5-25(6-2)29(27,28)18-9-7-17(8-10-18)22(26)24-20-11-12-23-21-16(4)13-15(3)14-19(20)21/h7-14H,5-6H2,1-4H3,(H,23,24,26). The topological polar surface area (TPSA) is 79.4 Å². The van der Waals surface area contributed by atoms with E-state index < -0.39 is 10.0 Å². The van der Waals surface area contributed by atoms with Crippen LogP contribution in [0.5, 0.6) is 0 Å². The minimum atomic E-state index is -3.55. The summed E-state index contributed by atoms with van der Waals surface area (Å²) >= 11 is 0. The first-order chi connectivity index (χ1) is 13.8. The normalized spacial score (nSPS) is 11.8. The number of hydrogen-bond acceptors (Lipinski definition) is 4. The van der Waals surface area contributed by atoms with Gasteiger partial charge in [0.25, 0.3) is 5.91 Å². The average molecular weight is 412 g/mol. The number of nitrogens with zero attached hydrogens (tertiary/aromatic N) is 2. The van der Waals surface area contributed by atoms with Gasteiger partial charge in [-0.25, -0.2) is 8.42 Å². The van der Waals surface area contributed by atoms with Crippen molar-refractivity contribution in [2.75, 3.05) is 18.4 Å². The van der Waals surface area contributed by atoms with E-state index in [2.05, 4.69) is 16.4 Å². The molecule has 2 aromatic carbocycles. The highest BCUT2D eigenvalue weighted by molar-refractivity contribution is 7.89. The number of aryl methyl sites for hydroxylation is 2. The Hall–Kier alpha value is -2.77. The van der Waals surface area contributed by atoms with Crippen LogP contribution in [-0.4, -0.2) is 36.7 Å². The lowest BCUT2D eigenvalue weighted by Crippen LogP contribution is -2.30. The van der Waals surface area contributed by atoms with Gasteiger partial charge in [0, 0.05) is 30.2 Å². The molecule has 0 fully saturated rings. The first-order valence-corrected chi connectivity index (χ1v) is 11.0. The molecule has 1 amide bonds. The van der Waals surface area contributed by atoms with Crippen molar-refractivity contribution in [1.82, 2.24) is 9.29 Å². The Bertz CT molecular complexity index is 1150. The van der Waals surface area contributed by atoms with Crippen LogP contribution in [0.3, 0.4) is 0 Å². The number of nitrogens with one attached hydrogen (secondary N) is 1. The van der Waals surface area contributed by atoms with Crippen molar-refractivity contribution in [1.29, 1.82) is 0 Å². The van der Waals surface area contributed by atoms with Gasteiger partial charge < -0.3 is 5.32 Å². The van der Waals surface area contributed by atoms with E-state index in [4.69, 9.17) is 0 Å². The highest BCUT2D eigenvalue weighted by Crippen LogP contribution is 2.26. The molecule has 0 saturated carbocycles. The molecule has 0 radical (unpaired) electrons. The third-order valence-electron chi connectivity index (χ3n) is 4.89. The molecule has 0 atom stereocenters. The molecular weight excluding hydrogens is 386 g/mol. The van der Waals surface area contributed by atoms with E-state index >= 15 is 0 Å². The van der Waals surface area contributed by atoms with Crippen LogP contribution in [0.4, 0.5) is 5.69 Å². The van der Waals surface area contributed by atoms with Gasteiger partial charge in [-0.05, 0) is 55.8 Å². The SMILES string of the molecule is CCN(CC)S(=O)(=O)c1ccc(C(=O)Nc2ccnc3c(C)cc(C)cc23)cc1. The number of fused-ring (bicyclic) bond motifs is 1. The Morgan fingerprint density at radius 3 is 2.31 bits per heavy atom. The first-order valence-electron chi connectivity index (χ1n) is 9.55. The molecule has 0 aliphatic heterocycles. The predicted molar refractivity (Wildman–Crippen MR) is 116 cm³/mol. The van der Waals surface area contributed by atoms with Gasteiger partial charge in [-0.2, -0.15) is 4.31 Å². The summed E-state index contributed by atoms with van der Waals surface area (Å²) in [5.74, 6) is -0.302. The van der Waals surface area contributed by atoms with Crippen LogP contribution in [0.15, 0.2) is 53.6 Å². The molecule has 0 spiro atoms. The number of rotatable bonds is 6. The third-order valence-corrected chi connectivity index (χ3v) is 6.95. The molecule has 152 valence electrons. The largest absolute Gasteiger partial charge is 0.321 e. The van der Waals surface area contributed by atoms with Crippen LogP contribution in [0.2, 0.25) is 0 Å². The fraction of sp³-hybridized carbons (Fsp3) is 0.273. The Balaban J connectivity index is 1.88. The van der Waals surface area contributed by atoms with Gasteiger partial charge in [0.1, 0.15) is 0 Å². The lowest BCUT2D eigenvalue weighted by molar-refractivity contribution is 0.102. The van der Waals surface area contributed by atoms with Crippen LogP contribution in [-0.2, 0) is 10.0 Å². The second-order valence-electron chi connectivity index (χ2n) is 6.90. The Labute approximate surface area is 171 Å². The van der Waals surface area contributed by atoms with Crippen LogP contribution in [0, 0.1) is 13.8 Å². The number of amides is 1. The maximum absolute atomic E-state index is 12.7. The predicted octanol–water partition coefficient (Wildman–Crippen LogP) is 4.13. The van der Waals surface area contributed by atoms with Gasteiger partial charge in [0.15, 0.2) is 0 Å². The Morgan fingerprint density at radius 1 is 1.03 bits per heavy atom. The summed E-state index contributed by atoms with van der Waals surface area (Å²) in [6.07, 6.45) is 1.67. The third kappa shape index (κ3) is 4.16. The number of carbonyl (C=O) groups excluding carboxylic acids is 1. The van der Waals surface area contributed by atoms with E-state index in [9.17, 15) is 13.2 Å². The second-order valence-corrected chi connectivity index (χ2v) is 8.84. The first kappa shape index (κ1) is 21.0. The second kappa shape index (κ2) is 8.31. The van der Waals surface area contributed by atoms with Crippen LogP contribution in [0.1, 0.15) is 35.3 Å². The zero-order valence-electron chi connectivity index (χ0n) is 17.1. The highest BCUT2D eigenvalue weighted by Gasteiger charge is 2.21. The zero-order valence-corrected chi connectivity index (χ0v) is 17.9. The molecule has 0 bridgehead atoms. The van der Waals surface area contributed by atoms with Crippen molar-refractivity contribution in [3.8, 4) is 0 Å². The van der Waals surface area contributed by atoms with Crippen molar-refractivity contribution in [2.45, 2.75) is 32.6 Å². The minimum absolute atomic E-state index is 0.179. The molecule has 0 aliphatic carbocycles. The lowest BCUT2D eigenvalue weighted by Gasteiger charge is -2.18. The smallest absolute Gasteiger partial charge is 0.255 e. The van der Waals surface area contributed by atoms with Crippen molar-refractivity contribution >= 4 is 32.5 Å². The summed E-state index contributed by atoms with van der Waals surface area (Å²) in [5, 5.41) is 3.79. The van der Waals surface area contributed by atoms with E-state index in [0.717, 1.165) is 22.0 Å². The average Bonchev–Trinajstić information content (AvgIpc) is 2.69. The number of hydrogen-bond donors (Lipinski definition) is 1. The highest BCUT2D eigenvalue weighted by atomic mass is 32.2. The Morgan fingerprint density at radius 2 is 1.69 bits per heavy atom. The van der Waals surface area contributed by atoms with Crippen molar-refractivity contribution in [2.24, 2.45) is 0 Å². The number of benzene rings is 2. The van der Waals surface area contributed by atoms with Gasteiger partial charge in [-0.15, -0.1) is 0 Å². The van der Waals surface area contributed by atoms with Crippen LogP contribution < -0.4 is 5.32 Å². The molecule has 29 heavy (non-hydrogen) atoms. The molecule has 6 nitrogen and oxygen atoms in total. The van der Waals surface area contributed by atoms with Gasteiger partial charge in [-0.1, -0.05) is 25.5 Å². The van der Waals surface area contributed by atoms with Crippen molar-refractivity contribution in [3.63, 3.8) is 0 Å². The summed E-state index contributed by atoms with van der Waals surface area (Å²) in [5.41, 5.74) is 4.03. The molecule has 0 saturated heterocycles. The van der Waals surface area contributed by atoms with E-state index in [0.29, 0.717) is 24.3 Å². The number of carbonyl (C=O) groups is 1. The lowest BCUT2D eigenvalue weighted by atomic mass is 10.1.